The molecule has 0 aromatic heterocycles. The molecule has 8 heteroatoms. The van der Waals surface area contributed by atoms with Gasteiger partial charge in [0.05, 0.1) is 4.92 Å². The molecule has 2 rings (SSSR count). The summed E-state index contributed by atoms with van der Waals surface area (Å²) in [5.74, 6) is 0.307. The lowest BCUT2D eigenvalue weighted by Crippen LogP contribution is -2.47. The third kappa shape index (κ3) is 3.26. The second-order valence-corrected chi connectivity index (χ2v) is 5.33. The maximum absolute atomic E-state index is 12.9. The summed E-state index contributed by atoms with van der Waals surface area (Å²) < 4.78 is 38.8. The number of nitrogens with zero attached hydrogens (tertiary/aromatic N) is 2. The lowest BCUT2D eigenvalue weighted by molar-refractivity contribution is -0.388. The van der Waals surface area contributed by atoms with Crippen LogP contribution in [0.2, 0.25) is 0 Å². The Morgan fingerprint density at radius 2 is 2.10 bits per heavy atom. The normalized spacial score (nSPS) is 23.2. The van der Waals surface area contributed by atoms with E-state index in [1.54, 1.807) is 4.90 Å². The minimum absolute atomic E-state index is 0.122. The Morgan fingerprint density at radius 3 is 2.62 bits per heavy atom. The molecule has 0 aliphatic carbocycles. The summed E-state index contributed by atoms with van der Waals surface area (Å²) in [7, 11) is 0. The molecule has 116 valence electrons. The smallest absolute Gasteiger partial charge is 0.370 e. The fraction of sp³-hybridized carbons (Fsp3) is 0.538. The molecule has 1 saturated heterocycles. The van der Waals surface area contributed by atoms with Crippen molar-refractivity contribution >= 4 is 11.4 Å². The van der Waals surface area contributed by atoms with Crippen LogP contribution in [0.5, 0.6) is 0 Å². The van der Waals surface area contributed by atoms with Gasteiger partial charge in [-0.1, -0.05) is 6.92 Å². The van der Waals surface area contributed by atoms with Crippen molar-refractivity contribution in [1.29, 1.82) is 0 Å². The van der Waals surface area contributed by atoms with E-state index in [2.05, 4.69) is 0 Å². The summed E-state index contributed by atoms with van der Waals surface area (Å²) in [5.41, 5.74) is 4.10. The van der Waals surface area contributed by atoms with E-state index >= 15 is 0 Å². The van der Waals surface area contributed by atoms with E-state index in [4.69, 9.17) is 5.73 Å². The zero-order chi connectivity index (χ0) is 15.8. The van der Waals surface area contributed by atoms with E-state index in [-0.39, 0.29) is 6.04 Å². The number of nitro benzene ring substituents is 1. The molecular formula is C13H16F3N3O2. The number of piperidine rings is 1. The summed E-state index contributed by atoms with van der Waals surface area (Å²) in [6.45, 7) is 3.03. The SMILES string of the molecule is CC1CCN(c2ccc([N+](=O)[O-])c(C(F)(F)F)c2)CC1N. The molecule has 5 nitrogen and oxygen atoms in total. The van der Waals surface area contributed by atoms with Crippen LogP contribution in [0.25, 0.3) is 0 Å². The maximum Gasteiger partial charge on any atom is 0.423 e. The van der Waals surface area contributed by atoms with Crippen LogP contribution in [0.4, 0.5) is 24.5 Å². The van der Waals surface area contributed by atoms with Crippen LogP contribution in [0.1, 0.15) is 18.9 Å². The standard InChI is InChI=1S/C13H16F3N3O2/c1-8-4-5-18(7-11(8)17)9-2-3-12(19(20)21)10(6-9)13(14,15)16/h2-3,6,8,11H,4-5,7,17H2,1H3. The second kappa shape index (κ2) is 5.51. The maximum atomic E-state index is 12.9. The van der Waals surface area contributed by atoms with Crippen molar-refractivity contribution in [2.24, 2.45) is 11.7 Å². The van der Waals surface area contributed by atoms with Crippen molar-refractivity contribution in [2.75, 3.05) is 18.0 Å². The molecule has 21 heavy (non-hydrogen) atoms. The van der Waals surface area contributed by atoms with Gasteiger partial charge < -0.3 is 10.6 Å². The van der Waals surface area contributed by atoms with Crippen molar-refractivity contribution in [2.45, 2.75) is 25.6 Å². The Kier molecular flexibility index (Phi) is 4.08. The number of benzene rings is 1. The number of nitrogens with two attached hydrogens (primary N) is 1. The minimum atomic E-state index is -4.76. The molecule has 2 unspecified atom stereocenters. The Hall–Kier alpha value is -1.83. The van der Waals surface area contributed by atoms with Gasteiger partial charge in [0.15, 0.2) is 0 Å². The van der Waals surface area contributed by atoms with Gasteiger partial charge in [0.25, 0.3) is 5.69 Å². The first kappa shape index (κ1) is 15.6. The molecule has 1 heterocycles. The highest BCUT2D eigenvalue weighted by Gasteiger charge is 2.39. The first-order chi connectivity index (χ1) is 9.70. The van der Waals surface area contributed by atoms with Gasteiger partial charge in [0.2, 0.25) is 0 Å². The number of hydrogen-bond donors (Lipinski definition) is 1. The number of rotatable bonds is 2. The van der Waals surface area contributed by atoms with Gasteiger partial charge in [-0.2, -0.15) is 13.2 Å². The van der Waals surface area contributed by atoms with Crippen LogP contribution >= 0.6 is 0 Å². The zero-order valence-corrected chi connectivity index (χ0v) is 11.4. The van der Waals surface area contributed by atoms with Gasteiger partial charge in [0.1, 0.15) is 5.56 Å². The average molecular weight is 303 g/mol. The van der Waals surface area contributed by atoms with Crippen molar-refractivity contribution in [3.05, 3.63) is 33.9 Å². The summed E-state index contributed by atoms with van der Waals surface area (Å²) in [6, 6.07) is 2.96. The van der Waals surface area contributed by atoms with Gasteiger partial charge in [-0.25, -0.2) is 0 Å². The molecule has 0 spiro atoms. The van der Waals surface area contributed by atoms with Gasteiger partial charge in [-0.05, 0) is 24.5 Å². The Bertz CT molecular complexity index is 548. The van der Waals surface area contributed by atoms with E-state index in [0.29, 0.717) is 24.7 Å². The topological polar surface area (TPSA) is 72.4 Å². The molecule has 0 saturated carbocycles. The van der Waals surface area contributed by atoms with Gasteiger partial charge in [0, 0.05) is 30.9 Å². The van der Waals surface area contributed by atoms with E-state index in [0.717, 1.165) is 18.6 Å². The molecule has 1 aliphatic heterocycles. The van der Waals surface area contributed by atoms with Crippen LogP contribution in [0, 0.1) is 16.0 Å². The Morgan fingerprint density at radius 1 is 1.43 bits per heavy atom. The van der Waals surface area contributed by atoms with Crippen LogP contribution in [0.3, 0.4) is 0 Å². The summed E-state index contributed by atoms with van der Waals surface area (Å²) in [4.78, 5) is 11.4. The molecule has 2 atom stereocenters. The summed E-state index contributed by atoms with van der Waals surface area (Å²) >= 11 is 0. The number of nitro groups is 1. The third-order valence-electron chi connectivity index (χ3n) is 3.86. The predicted octanol–water partition coefficient (Wildman–Crippen LogP) is 2.79. The molecule has 1 aromatic rings. The quantitative estimate of drug-likeness (QED) is 0.673. The van der Waals surface area contributed by atoms with E-state index < -0.39 is 22.4 Å². The lowest BCUT2D eigenvalue weighted by Gasteiger charge is -2.36. The van der Waals surface area contributed by atoms with Gasteiger partial charge in [-0.3, -0.25) is 10.1 Å². The van der Waals surface area contributed by atoms with Crippen LogP contribution < -0.4 is 10.6 Å². The predicted molar refractivity (Wildman–Crippen MR) is 72.1 cm³/mol. The van der Waals surface area contributed by atoms with Crippen molar-refractivity contribution in [3.63, 3.8) is 0 Å². The third-order valence-corrected chi connectivity index (χ3v) is 3.86. The van der Waals surface area contributed by atoms with E-state index in [1.807, 2.05) is 6.92 Å². The highest BCUT2D eigenvalue weighted by Crippen LogP contribution is 2.38. The number of halogens is 3. The molecule has 1 aliphatic rings. The number of alkyl halides is 3. The Balaban J connectivity index is 2.36. The molecular weight excluding hydrogens is 287 g/mol. The Labute approximate surface area is 119 Å². The van der Waals surface area contributed by atoms with Crippen LogP contribution in [-0.4, -0.2) is 24.1 Å². The molecule has 2 N–H and O–H groups in total. The highest BCUT2D eigenvalue weighted by atomic mass is 19.4. The van der Waals surface area contributed by atoms with Gasteiger partial charge >= 0.3 is 6.18 Å². The lowest BCUT2D eigenvalue weighted by atomic mass is 9.94. The van der Waals surface area contributed by atoms with Crippen molar-refractivity contribution < 1.29 is 18.1 Å². The molecule has 1 fully saturated rings. The largest absolute Gasteiger partial charge is 0.423 e. The summed E-state index contributed by atoms with van der Waals surface area (Å²) in [5, 5.41) is 10.7. The highest BCUT2D eigenvalue weighted by molar-refractivity contribution is 5.57. The monoisotopic (exact) mass is 303 g/mol. The number of hydrogen-bond acceptors (Lipinski definition) is 4. The zero-order valence-electron chi connectivity index (χ0n) is 11.4. The van der Waals surface area contributed by atoms with E-state index in [9.17, 15) is 23.3 Å². The van der Waals surface area contributed by atoms with Crippen LogP contribution in [0.15, 0.2) is 18.2 Å². The van der Waals surface area contributed by atoms with Gasteiger partial charge in [-0.15, -0.1) is 0 Å². The van der Waals surface area contributed by atoms with E-state index in [1.165, 1.54) is 6.07 Å². The van der Waals surface area contributed by atoms with Crippen molar-refractivity contribution in [3.8, 4) is 0 Å². The molecule has 0 radical (unpaired) electrons. The average Bonchev–Trinajstić information content (AvgIpc) is 2.40. The molecule has 0 amide bonds. The minimum Gasteiger partial charge on any atom is -0.370 e. The molecule has 1 aromatic carbocycles. The fourth-order valence-corrected chi connectivity index (χ4v) is 2.44. The molecule has 0 bridgehead atoms. The second-order valence-electron chi connectivity index (χ2n) is 5.33. The fourth-order valence-electron chi connectivity index (χ4n) is 2.44. The van der Waals surface area contributed by atoms with Crippen LogP contribution in [-0.2, 0) is 6.18 Å². The van der Waals surface area contributed by atoms with Crippen molar-refractivity contribution in [1.82, 2.24) is 0 Å². The number of anilines is 1. The first-order valence-corrected chi connectivity index (χ1v) is 6.56. The summed E-state index contributed by atoms with van der Waals surface area (Å²) in [6.07, 6.45) is -3.98. The first-order valence-electron chi connectivity index (χ1n) is 6.56.